The van der Waals surface area contributed by atoms with E-state index in [0.717, 1.165) is 12.1 Å². The lowest BCUT2D eigenvalue weighted by atomic mass is 9.86. The second-order valence-corrected chi connectivity index (χ2v) is 7.07. The summed E-state index contributed by atoms with van der Waals surface area (Å²) in [4.78, 5) is 20.3. The van der Waals surface area contributed by atoms with E-state index in [4.69, 9.17) is 10.2 Å². The van der Waals surface area contributed by atoms with Gasteiger partial charge < -0.3 is 14.6 Å². The Hall–Kier alpha value is -3.60. The van der Waals surface area contributed by atoms with E-state index in [1.165, 1.54) is 47.2 Å². The monoisotopic (exact) mass is 388 g/mol. The molecule has 5 nitrogen and oxygen atoms in total. The maximum Gasteiger partial charge on any atom is 0.371 e. The zero-order chi connectivity index (χ0) is 20.4. The number of furan rings is 1. The van der Waals surface area contributed by atoms with Gasteiger partial charge in [-0.25, -0.2) is 9.59 Å². The quantitative estimate of drug-likeness (QED) is 0.440. The largest absolute Gasteiger partial charge is 0.475 e. The van der Waals surface area contributed by atoms with E-state index >= 15 is 0 Å². The van der Waals surface area contributed by atoms with Gasteiger partial charge in [0.25, 0.3) is 0 Å². The SMILES string of the molecule is O=C(O)c1ccc(C(=O)O)o1.c1ccc2c(c1)ccc1c3c(ccc12)CCCC3. The van der Waals surface area contributed by atoms with Crippen molar-refractivity contribution in [2.75, 3.05) is 0 Å². The molecule has 1 heterocycles. The zero-order valence-electron chi connectivity index (χ0n) is 15.7. The maximum absolute atomic E-state index is 10.2. The Kier molecular flexibility index (Phi) is 5.04. The van der Waals surface area contributed by atoms with E-state index in [9.17, 15) is 9.59 Å². The zero-order valence-corrected chi connectivity index (χ0v) is 15.7. The molecule has 3 aromatic carbocycles. The van der Waals surface area contributed by atoms with Crippen LogP contribution in [0.25, 0.3) is 21.5 Å². The molecule has 0 fully saturated rings. The van der Waals surface area contributed by atoms with Gasteiger partial charge in [-0.2, -0.15) is 0 Å². The minimum atomic E-state index is -1.28. The minimum Gasteiger partial charge on any atom is -0.475 e. The van der Waals surface area contributed by atoms with Gasteiger partial charge in [0.15, 0.2) is 0 Å². The Morgan fingerprint density at radius 3 is 2.03 bits per heavy atom. The van der Waals surface area contributed by atoms with E-state index in [0.29, 0.717) is 0 Å². The molecule has 5 heteroatoms. The number of carboxylic acid groups (broad SMARTS) is 2. The van der Waals surface area contributed by atoms with Crippen LogP contribution < -0.4 is 0 Å². The van der Waals surface area contributed by atoms with Gasteiger partial charge in [-0.05, 0) is 70.5 Å². The summed E-state index contributed by atoms with van der Waals surface area (Å²) in [5.74, 6) is -3.31. The maximum atomic E-state index is 10.2. The molecule has 0 spiro atoms. The van der Waals surface area contributed by atoms with Crippen LogP contribution in [0.5, 0.6) is 0 Å². The van der Waals surface area contributed by atoms with Crippen molar-refractivity contribution in [2.45, 2.75) is 25.7 Å². The Morgan fingerprint density at radius 2 is 1.34 bits per heavy atom. The molecular weight excluding hydrogens is 368 g/mol. The summed E-state index contributed by atoms with van der Waals surface area (Å²) in [7, 11) is 0. The summed E-state index contributed by atoms with van der Waals surface area (Å²) >= 11 is 0. The summed E-state index contributed by atoms with van der Waals surface area (Å²) in [6.07, 6.45) is 5.22. The van der Waals surface area contributed by atoms with Crippen LogP contribution in [0.1, 0.15) is 45.1 Å². The standard InChI is InChI=1S/C18H16.C6H4O5/c1-3-7-15-13(5-1)9-11-18-16-8-4-2-6-14(16)10-12-17(15)18;7-5(8)3-1-2-4(11-3)6(9)10/h1,3,5,7,9-12H,2,4,6,8H2;1-2H,(H,7,8)(H,9,10). The second-order valence-electron chi connectivity index (χ2n) is 7.07. The Morgan fingerprint density at radius 1 is 0.690 bits per heavy atom. The third-order valence-corrected chi connectivity index (χ3v) is 5.29. The van der Waals surface area contributed by atoms with Gasteiger partial charge in [0.1, 0.15) is 0 Å². The van der Waals surface area contributed by atoms with Gasteiger partial charge in [0.05, 0.1) is 0 Å². The van der Waals surface area contributed by atoms with E-state index in [1.54, 1.807) is 11.1 Å². The van der Waals surface area contributed by atoms with E-state index < -0.39 is 11.9 Å². The van der Waals surface area contributed by atoms with Crippen molar-refractivity contribution in [2.24, 2.45) is 0 Å². The average molecular weight is 388 g/mol. The summed E-state index contributed by atoms with van der Waals surface area (Å²) < 4.78 is 4.41. The molecule has 2 N–H and O–H groups in total. The molecule has 1 aromatic heterocycles. The first kappa shape index (κ1) is 18.7. The highest BCUT2D eigenvalue weighted by Gasteiger charge is 2.14. The summed E-state index contributed by atoms with van der Waals surface area (Å²) in [5, 5.41) is 22.2. The highest BCUT2D eigenvalue weighted by Crippen LogP contribution is 2.33. The average Bonchev–Trinajstić information content (AvgIpc) is 3.25. The van der Waals surface area contributed by atoms with Crippen molar-refractivity contribution in [3.05, 3.63) is 83.3 Å². The van der Waals surface area contributed by atoms with Gasteiger partial charge in [0.2, 0.25) is 11.5 Å². The molecule has 5 rings (SSSR count). The molecule has 0 radical (unpaired) electrons. The molecule has 29 heavy (non-hydrogen) atoms. The topological polar surface area (TPSA) is 87.7 Å². The first-order chi connectivity index (χ1) is 14.0. The number of carboxylic acids is 2. The molecule has 1 aliphatic rings. The van der Waals surface area contributed by atoms with Gasteiger partial charge in [-0.3, -0.25) is 0 Å². The lowest BCUT2D eigenvalue weighted by molar-refractivity contribution is 0.0631. The first-order valence-electron chi connectivity index (χ1n) is 9.53. The van der Waals surface area contributed by atoms with Crippen molar-refractivity contribution >= 4 is 33.5 Å². The van der Waals surface area contributed by atoms with Crippen molar-refractivity contribution in [3.63, 3.8) is 0 Å². The molecule has 0 bridgehead atoms. The number of hydrogen-bond acceptors (Lipinski definition) is 3. The van der Waals surface area contributed by atoms with Crippen molar-refractivity contribution < 1.29 is 24.2 Å². The molecule has 1 aliphatic carbocycles. The van der Waals surface area contributed by atoms with Crippen molar-refractivity contribution in [1.29, 1.82) is 0 Å². The third kappa shape index (κ3) is 3.72. The number of rotatable bonds is 2. The Bertz CT molecular complexity index is 1190. The minimum absolute atomic E-state index is 0.373. The molecule has 0 saturated carbocycles. The number of hydrogen-bond donors (Lipinski definition) is 2. The molecule has 0 unspecified atom stereocenters. The molecule has 4 aromatic rings. The Labute approximate surface area is 167 Å². The van der Waals surface area contributed by atoms with Crippen LogP contribution in [-0.2, 0) is 12.8 Å². The van der Waals surface area contributed by atoms with Gasteiger partial charge in [-0.15, -0.1) is 0 Å². The van der Waals surface area contributed by atoms with Crippen molar-refractivity contribution in [1.82, 2.24) is 0 Å². The van der Waals surface area contributed by atoms with E-state index in [-0.39, 0.29) is 11.5 Å². The number of benzene rings is 3. The number of carbonyl (C=O) groups is 2. The van der Waals surface area contributed by atoms with Crippen LogP contribution in [0.3, 0.4) is 0 Å². The predicted octanol–water partition coefficient (Wildman–Crippen LogP) is 5.55. The smallest absolute Gasteiger partial charge is 0.371 e. The lowest BCUT2D eigenvalue weighted by Crippen LogP contribution is -2.02. The van der Waals surface area contributed by atoms with Crippen LogP contribution in [0, 0.1) is 0 Å². The van der Waals surface area contributed by atoms with Crippen LogP contribution >= 0.6 is 0 Å². The van der Waals surface area contributed by atoms with Crippen LogP contribution in [-0.4, -0.2) is 22.2 Å². The van der Waals surface area contributed by atoms with E-state index in [2.05, 4.69) is 52.9 Å². The van der Waals surface area contributed by atoms with Gasteiger partial charge >= 0.3 is 11.9 Å². The van der Waals surface area contributed by atoms with Crippen LogP contribution in [0.4, 0.5) is 0 Å². The summed E-state index contributed by atoms with van der Waals surface area (Å²) in [5.41, 5.74) is 3.17. The number of aryl methyl sites for hydroxylation is 2. The fraction of sp³-hybridized carbons (Fsp3) is 0.167. The fourth-order valence-corrected chi connectivity index (χ4v) is 3.91. The summed E-state index contributed by atoms with van der Waals surface area (Å²) in [6, 6.07) is 20.1. The van der Waals surface area contributed by atoms with Crippen LogP contribution in [0.2, 0.25) is 0 Å². The van der Waals surface area contributed by atoms with Gasteiger partial charge in [0, 0.05) is 0 Å². The molecule has 146 valence electrons. The molecule has 0 aliphatic heterocycles. The molecule has 0 saturated heterocycles. The second kappa shape index (κ2) is 7.80. The fourth-order valence-electron chi connectivity index (χ4n) is 3.91. The summed E-state index contributed by atoms with van der Waals surface area (Å²) in [6.45, 7) is 0. The molecular formula is C24H20O5. The number of aromatic carboxylic acids is 2. The first-order valence-corrected chi connectivity index (χ1v) is 9.53. The lowest BCUT2D eigenvalue weighted by Gasteiger charge is -2.18. The highest BCUT2D eigenvalue weighted by atomic mass is 16.4. The predicted molar refractivity (Wildman–Crippen MR) is 111 cm³/mol. The molecule has 0 amide bonds. The van der Waals surface area contributed by atoms with Gasteiger partial charge in [-0.1, -0.05) is 48.5 Å². The highest BCUT2D eigenvalue weighted by molar-refractivity contribution is 6.08. The Balaban J connectivity index is 0.000000161. The third-order valence-electron chi connectivity index (χ3n) is 5.29. The van der Waals surface area contributed by atoms with Crippen molar-refractivity contribution in [3.8, 4) is 0 Å². The normalized spacial score (nSPS) is 12.8. The van der Waals surface area contributed by atoms with E-state index in [1.807, 2.05) is 0 Å². The van der Waals surface area contributed by atoms with Crippen LogP contribution in [0.15, 0.2) is 65.1 Å². The molecule has 0 atom stereocenters. The number of fused-ring (bicyclic) bond motifs is 5.